The minimum Gasteiger partial charge on any atom is -0.350 e. The highest BCUT2D eigenvalue weighted by atomic mass is 35.5. The summed E-state index contributed by atoms with van der Waals surface area (Å²) in [5.41, 5.74) is 0.486. The molecule has 2 amide bonds. The van der Waals surface area contributed by atoms with E-state index in [-0.39, 0.29) is 35.4 Å². The Morgan fingerprint density at radius 1 is 1.10 bits per heavy atom. The molecule has 1 N–H and O–H groups in total. The maximum Gasteiger partial charge on any atom is 0.243 e. The molecule has 7 heteroatoms. The molecule has 2 aromatic rings. The first-order valence-electron chi connectivity index (χ1n) is 9.80. The van der Waals surface area contributed by atoms with E-state index in [4.69, 9.17) is 23.2 Å². The largest absolute Gasteiger partial charge is 0.350 e. The van der Waals surface area contributed by atoms with Crippen molar-refractivity contribution in [1.29, 1.82) is 0 Å². The summed E-state index contributed by atoms with van der Waals surface area (Å²) in [6.07, 6.45) is 0.171. The van der Waals surface area contributed by atoms with Crippen LogP contribution < -0.4 is 5.32 Å². The van der Waals surface area contributed by atoms with Gasteiger partial charge in [0.15, 0.2) is 0 Å². The number of rotatable bonds is 7. The van der Waals surface area contributed by atoms with E-state index in [1.807, 2.05) is 27.7 Å². The zero-order valence-electron chi connectivity index (χ0n) is 17.6. The van der Waals surface area contributed by atoms with Crippen molar-refractivity contribution in [2.75, 3.05) is 0 Å². The van der Waals surface area contributed by atoms with Crippen LogP contribution in [-0.4, -0.2) is 28.3 Å². The van der Waals surface area contributed by atoms with Gasteiger partial charge in [-0.3, -0.25) is 9.59 Å². The molecule has 4 nitrogen and oxygen atoms in total. The molecule has 162 valence electrons. The fourth-order valence-corrected chi connectivity index (χ4v) is 3.47. The number of benzene rings is 2. The van der Waals surface area contributed by atoms with Gasteiger partial charge in [0.25, 0.3) is 0 Å². The summed E-state index contributed by atoms with van der Waals surface area (Å²) in [4.78, 5) is 27.7. The van der Waals surface area contributed by atoms with Gasteiger partial charge in [-0.05, 0) is 57.0 Å². The second kappa shape index (κ2) is 10.3. The quantitative estimate of drug-likeness (QED) is 0.611. The zero-order valence-corrected chi connectivity index (χ0v) is 19.1. The molecule has 0 bridgehead atoms. The number of nitrogens with one attached hydrogen (secondary N) is 1. The Bertz CT molecular complexity index is 875. The third kappa shape index (κ3) is 6.71. The van der Waals surface area contributed by atoms with E-state index >= 15 is 0 Å². The van der Waals surface area contributed by atoms with Gasteiger partial charge in [0.05, 0.1) is 6.42 Å². The minimum atomic E-state index is -0.710. The van der Waals surface area contributed by atoms with Crippen LogP contribution in [-0.2, 0) is 22.6 Å². The van der Waals surface area contributed by atoms with Gasteiger partial charge < -0.3 is 10.2 Å². The third-order valence-electron chi connectivity index (χ3n) is 4.54. The number of amides is 2. The Labute approximate surface area is 187 Å². The van der Waals surface area contributed by atoms with Gasteiger partial charge in [-0.2, -0.15) is 0 Å². The standard InChI is InChI=1S/C23H27Cl2FN2O2/c1-5-20(22(30)27-23(2,3)4)28(14-15-9-11-16(24)12-10-15)21(29)13-17-18(25)7-6-8-19(17)26/h6-12,20H,5,13-14H2,1-4H3,(H,27,30)/t20-/m1/s1. The second-order valence-electron chi connectivity index (χ2n) is 8.19. The lowest BCUT2D eigenvalue weighted by Crippen LogP contribution is -2.53. The summed E-state index contributed by atoms with van der Waals surface area (Å²) < 4.78 is 14.3. The van der Waals surface area contributed by atoms with Crippen LogP contribution in [0.3, 0.4) is 0 Å². The highest BCUT2D eigenvalue weighted by Gasteiger charge is 2.31. The van der Waals surface area contributed by atoms with Gasteiger partial charge in [0.1, 0.15) is 11.9 Å². The Morgan fingerprint density at radius 2 is 1.73 bits per heavy atom. The van der Waals surface area contributed by atoms with E-state index in [1.54, 1.807) is 30.3 Å². The van der Waals surface area contributed by atoms with E-state index in [2.05, 4.69) is 5.32 Å². The summed E-state index contributed by atoms with van der Waals surface area (Å²) in [6, 6.07) is 10.6. The predicted octanol–water partition coefficient (Wildman–Crippen LogP) is 5.40. The average molecular weight is 453 g/mol. The first kappa shape index (κ1) is 24.2. The van der Waals surface area contributed by atoms with Crippen LogP contribution in [0.25, 0.3) is 0 Å². The van der Waals surface area contributed by atoms with Crippen molar-refractivity contribution in [3.63, 3.8) is 0 Å². The molecule has 2 aromatic carbocycles. The van der Waals surface area contributed by atoms with E-state index in [0.29, 0.717) is 11.4 Å². The van der Waals surface area contributed by atoms with Crippen molar-refractivity contribution in [2.24, 2.45) is 0 Å². The highest BCUT2D eigenvalue weighted by molar-refractivity contribution is 6.31. The number of nitrogens with zero attached hydrogens (tertiary/aromatic N) is 1. The number of carbonyl (C=O) groups is 2. The lowest BCUT2D eigenvalue weighted by molar-refractivity contribution is -0.141. The molecule has 0 radical (unpaired) electrons. The number of hydrogen-bond acceptors (Lipinski definition) is 2. The Balaban J connectivity index is 2.36. The molecule has 1 atom stereocenters. The predicted molar refractivity (Wildman–Crippen MR) is 119 cm³/mol. The summed E-state index contributed by atoms with van der Waals surface area (Å²) in [5.74, 6) is -1.19. The zero-order chi connectivity index (χ0) is 22.5. The molecule has 0 heterocycles. The van der Waals surface area contributed by atoms with Gasteiger partial charge in [-0.25, -0.2) is 4.39 Å². The van der Waals surface area contributed by atoms with E-state index in [0.717, 1.165) is 5.56 Å². The molecule has 0 unspecified atom stereocenters. The number of hydrogen-bond donors (Lipinski definition) is 1. The van der Waals surface area contributed by atoms with Crippen molar-refractivity contribution in [1.82, 2.24) is 10.2 Å². The number of carbonyl (C=O) groups excluding carboxylic acids is 2. The molecule has 0 spiro atoms. The second-order valence-corrected chi connectivity index (χ2v) is 9.03. The lowest BCUT2D eigenvalue weighted by atomic mass is 10.0. The smallest absolute Gasteiger partial charge is 0.243 e. The SMILES string of the molecule is CC[C@H](C(=O)NC(C)(C)C)N(Cc1ccc(Cl)cc1)C(=O)Cc1c(F)cccc1Cl. The summed E-state index contributed by atoms with van der Waals surface area (Å²) >= 11 is 12.1. The topological polar surface area (TPSA) is 49.4 Å². The summed E-state index contributed by atoms with van der Waals surface area (Å²) in [7, 11) is 0. The fourth-order valence-electron chi connectivity index (χ4n) is 3.11. The molecule has 0 aromatic heterocycles. The minimum absolute atomic E-state index is 0.122. The van der Waals surface area contributed by atoms with Gasteiger partial charge in [0, 0.05) is 27.7 Å². The van der Waals surface area contributed by atoms with Crippen LogP contribution >= 0.6 is 23.2 Å². The Morgan fingerprint density at radius 3 is 2.27 bits per heavy atom. The molecule has 0 aliphatic heterocycles. The molecular formula is C23H27Cl2FN2O2. The first-order chi connectivity index (χ1) is 14.0. The lowest BCUT2D eigenvalue weighted by Gasteiger charge is -2.33. The maximum absolute atomic E-state index is 14.3. The molecule has 0 fully saturated rings. The fraction of sp³-hybridized carbons (Fsp3) is 0.391. The Kier molecular flexibility index (Phi) is 8.27. The van der Waals surface area contributed by atoms with E-state index in [1.165, 1.54) is 17.0 Å². The van der Waals surface area contributed by atoms with Crippen molar-refractivity contribution in [3.8, 4) is 0 Å². The van der Waals surface area contributed by atoms with Crippen molar-refractivity contribution in [2.45, 2.75) is 58.7 Å². The van der Waals surface area contributed by atoms with E-state index in [9.17, 15) is 14.0 Å². The molecule has 30 heavy (non-hydrogen) atoms. The van der Waals surface area contributed by atoms with Gasteiger partial charge in [0.2, 0.25) is 11.8 Å². The van der Waals surface area contributed by atoms with Gasteiger partial charge in [-0.15, -0.1) is 0 Å². The van der Waals surface area contributed by atoms with Crippen molar-refractivity contribution >= 4 is 35.0 Å². The van der Waals surface area contributed by atoms with Crippen LogP contribution in [0.1, 0.15) is 45.2 Å². The van der Waals surface area contributed by atoms with Crippen LogP contribution in [0.4, 0.5) is 4.39 Å². The van der Waals surface area contributed by atoms with E-state index < -0.39 is 17.4 Å². The number of halogens is 3. The van der Waals surface area contributed by atoms with Crippen LogP contribution in [0.15, 0.2) is 42.5 Å². The van der Waals surface area contributed by atoms with Crippen molar-refractivity contribution < 1.29 is 14.0 Å². The third-order valence-corrected chi connectivity index (χ3v) is 5.15. The van der Waals surface area contributed by atoms with Crippen LogP contribution in [0, 0.1) is 5.82 Å². The van der Waals surface area contributed by atoms with Crippen LogP contribution in [0.2, 0.25) is 10.0 Å². The van der Waals surface area contributed by atoms with Crippen molar-refractivity contribution in [3.05, 3.63) is 69.5 Å². The molecule has 0 saturated carbocycles. The molecule has 0 aliphatic carbocycles. The van der Waals surface area contributed by atoms with Crippen LogP contribution in [0.5, 0.6) is 0 Å². The molecular weight excluding hydrogens is 426 g/mol. The highest BCUT2D eigenvalue weighted by Crippen LogP contribution is 2.22. The molecule has 2 rings (SSSR count). The van der Waals surface area contributed by atoms with Gasteiger partial charge in [-0.1, -0.05) is 48.3 Å². The average Bonchev–Trinajstić information content (AvgIpc) is 2.64. The summed E-state index contributed by atoms with van der Waals surface area (Å²) in [6.45, 7) is 7.66. The monoisotopic (exact) mass is 452 g/mol. The maximum atomic E-state index is 14.3. The van der Waals surface area contributed by atoms with Gasteiger partial charge >= 0.3 is 0 Å². The molecule has 0 saturated heterocycles. The summed E-state index contributed by atoms with van der Waals surface area (Å²) in [5, 5.41) is 3.69. The first-order valence-corrected chi connectivity index (χ1v) is 10.6. The normalized spacial score (nSPS) is 12.4. The molecule has 0 aliphatic rings. The Hall–Kier alpha value is -2.11.